The topological polar surface area (TPSA) is 18.5 Å². The average Bonchev–Trinajstić information content (AvgIpc) is 2.80. The molecule has 1 N–H and O–H groups in total. The van der Waals surface area contributed by atoms with E-state index in [1.54, 1.807) is 0 Å². The first-order valence-corrected chi connectivity index (χ1v) is 12.1. The van der Waals surface area contributed by atoms with Gasteiger partial charge in [-0.25, -0.2) is 0 Å². The van der Waals surface area contributed by atoms with Crippen LogP contribution in [0, 0.1) is 5.92 Å². The van der Waals surface area contributed by atoms with Crippen molar-refractivity contribution in [1.82, 2.24) is 9.80 Å². The van der Waals surface area contributed by atoms with Crippen LogP contribution in [-0.2, 0) is 13.0 Å². The molecule has 5 rings (SSSR count). The van der Waals surface area contributed by atoms with Gasteiger partial charge in [0, 0.05) is 44.5 Å². The molecule has 166 valence electrons. The lowest BCUT2D eigenvalue weighted by Gasteiger charge is -2.50. The van der Waals surface area contributed by atoms with Gasteiger partial charge in [-0.3, -0.25) is 9.80 Å². The summed E-state index contributed by atoms with van der Waals surface area (Å²) in [6.45, 7) is 10.1. The van der Waals surface area contributed by atoms with Crippen LogP contribution in [0.25, 0.3) is 0 Å². The van der Waals surface area contributed by atoms with E-state index < -0.39 is 0 Å². The minimum Gasteiger partial charge on any atom is -0.385 e. The highest BCUT2D eigenvalue weighted by Gasteiger charge is 2.38. The summed E-state index contributed by atoms with van der Waals surface area (Å²) in [6.07, 6.45) is 1.16. The molecule has 2 aliphatic rings. The third-order valence-electron chi connectivity index (χ3n) is 6.97. The van der Waals surface area contributed by atoms with Gasteiger partial charge < -0.3 is 5.32 Å². The molecule has 0 aliphatic carbocycles. The smallest absolute Gasteiger partial charge is 0.0602 e. The fraction of sp³-hybridized carbons (Fsp3) is 0.379. The van der Waals surface area contributed by atoms with Crippen LogP contribution < -0.4 is 5.32 Å². The fourth-order valence-corrected chi connectivity index (χ4v) is 5.13. The van der Waals surface area contributed by atoms with E-state index in [9.17, 15) is 0 Å². The predicted molar refractivity (Wildman–Crippen MR) is 134 cm³/mol. The molecule has 0 atom stereocenters. The Balaban J connectivity index is 1.24. The lowest BCUT2D eigenvalue weighted by molar-refractivity contribution is 0.00728. The number of rotatable bonds is 7. The van der Waals surface area contributed by atoms with Gasteiger partial charge >= 0.3 is 0 Å². The SMILES string of the molecule is CC(C)CNc1ccc2c(c1)CCN(C1CN(C(c3ccccc3)c3ccccc3)C1)C2. The third kappa shape index (κ3) is 4.60. The molecule has 0 unspecified atom stereocenters. The van der Waals surface area contributed by atoms with Gasteiger partial charge in [-0.05, 0) is 46.7 Å². The van der Waals surface area contributed by atoms with Crippen LogP contribution in [0.15, 0.2) is 78.9 Å². The third-order valence-corrected chi connectivity index (χ3v) is 6.97. The van der Waals surface area contributed by atoms with Gasteiger partial charge in [0.15, 0.2) is 0 Å². The molecule has 3 aromatic carbocycles. The summed E-state index contributed by atoms with van der Waals surface area (Å²) >= 11 is 0. The Hall–Kier alpha value is -2.62. The molecule has 0 saturated carbocycles. The Bertz CT molecular complexity index is 970. The van der Waals surface area contributed by atoms with Crippen molar-refractivity contribution in [3.8, 4) is 0 Å². The first-order valence-electron chi connectivity index (χ1n) is 12.1. The van der Waals surface area contributed by atoms with E-state index in [2.05, 4.69) is 108 Å². The summed E-state index contributed by atoms with van der Waals surface area (Å²) in [6, 6.07) is 29.9. The number of likely N-dealkylation sites (tertiary alicyclic amines) is 1. The van der Waals surface area contributed by atoms with Gasteiger partial charge in [0.05, 0.1) is 6.04 Å². The summed E-state index contributed by atoms with van der Waals surface area (Å²) in [5.74, 6) is 0.665. The number of nitrogens with zero attached hydrogens (tertiary/aromatic N) is 2. The number of anilines is 1. The van der Waals surface area contributed by atoms with Gasteiger partial charge in [0.2, 0.25) is 0 Å². The van der Waals surface area contributed by atoms with Crippen molar-refractivity contribution < 1.29 is 0 Å². The Kier molecular flexibility index (Phi) is 6.29. The van der Waals surface area contributed by atoms with Crippen LogP contribution in [0.2, 0.25) is 0 Å². The minimum atomic E-state index is 0.348. The van der Waals surface area contributed by atoms with E-state index in [1.807, 2.05) is 0 Å². The molecule has 3 aromatic rings. The zero-order valence-corrected chi connectivity index (χ0v) is 19.4. The second-order valence-electron chi connectivity index (χ2n) is 9.81. The number of nitrogens with one attached hydrogen (secondary N) is 1. The standard InChI is InChI=1S/C29H35N3/c1-22(2)18-30-27-14-13-26-19-31(16-15-25(26)17-27)28-20-32(21-28)29(23-9-5-3-6-10-23)24-11-7-4-8-12-24/h3-14,17,22,28-30H,15-16,18-21H2,1-2H3. The van der Waals surface area contributed by atoms with Crippen molar-refractivity contribution in [3.05, 3.63) is 101 Å². The number of benzene rings is 3. The number of fused-ring (bicyclic) bond motifs is 1. The summed E-state index contributed by atoms with van der Waals surface area (Å²) in [4.78, 5) is 5.34. The highest BCUT2D eigenvalue weighted by molar-refractivity contribution is 5.49. The molecule has 0 radical (unpaired) electrons. The zero-order valence-electron chi connectivity index (χ0n) is 19.4. The maximum atomic E-state index is 3.58. The van der Waals surface area contributed by atoms with Crippen molar-refractivity contribution in [1.29, 1.82) is 0 Å². The highest BCUT2D eigenvalue weighted by atomic mass is 15.3. The zero-order chi connectivity index (χ0) is 21.9. The quantitative estimate of drug-likeness (QED) is 0.533. The summed E-state index contributed by atoms with van der Waals surface area (Å²) in [5.41, 5.74) is 7.09. The van der Waals surface area contributed by atoms with Crippen LogP contribution in [0.5, 0.6) is 0 Å². The monoisotopic (exact) mass is 425 g/mol. The molecule has 2 heterocycles. The van der Waals surface area contributed by atoms with Gasteiger partial charge in [-0.1, -0.05) is 80.6 Å². The fourth-order valence-electron chi connectivity index (χ4n) is 5.13. The molecular weight excluding hydrogens is 390 g/mol. The Morgan fingerprint density at radius 2 is 1.50 bits per heavy atom. The van der Waals surface area contributed by atoms with Gasteiger partial charge in [-0.2, -0.15) is 0 Å². The van der Waals surface area contributed by atoms with Crippen LogP contribution in [0.4, 0.5) is 5.69 Å². The van der Waals surface area contributed by atoms with Crippen LogP contribution >= 0.6 is 0 Å². The Labute approximate surface area is 193 Å². The molecule has 0 bridgehead atoms. The lowest BCUT2D eigenvalue weighted by atomic mass is 9.91. The van der Waals surface area contributed by atoms with Crippen molar-refractivity contribution in [3.63, 3.8) is 0 Å². The maximum Gasteiger partial charge on any atom is 0.0602 e. The van der Waals surface area contributed by atoms with Crippen molar-refractivity contribution in [2.24, 2.45) is 5.92 Å². The average molecular weight is 426 g/mol. The van der Waals surface area contributed by atoms with E-state index >= 15 is 0 Å². The van der Waals surface area contributed by atoms with E-state index in [0.717, 1.165) is 32.6 Å². The maximum absolute atomic E-state index is 3.58. The minimum absolute atomic E-state index is 0.348. The normalized spacial score (nSPS) is 17.4. The molecule has 2 aliphatic heterocycles. The van der Waals surface area contributed by atoms with E-state index in [1.165, 1.54) is 34.5 Å². The molecule has 1 fully saturated rings. The molecule has 3 heteroatoms. The van der Waals surface area contributed by atoms with Gasteiger partial charge in [0.1, 0.15) is 0 Å². The Morgan fingerprint density at radius 1 is 0.844 bits per heavy atom. The molecule has 1 saturated heterocycles. The number of hydrogen-bond donors (Lipinski definition) is 1. The second kappa shape index (κ2) is 9.48. The van der Waals surface area contributed by atoms with E-state index in [-0.39, 0.29) is 0 Å². The van der Waals surface area contributed by atoms with Gasteiger partial charge in [-0.15, -0.1) is 0 Å². The predicted octanol–water partition coefficient (Wildman–Crippen LogP) is 5.59. The lowest BCUT2D eigenvalue weighted by Crippen LogP contribution is -2.60. The molecule has 3 nitrogen and oxygen atoms in total. The summed E-state index contributed by atoms with van der Waals surface area (Å²) < 4.78 is 0. The van der Waals surface area contributed by atoms with E-state index in [0.29, 0.717) is 18.0 Å². The first kappa shape index (κ1) is 21.2. The highest BCUT2D eigenvalue weighted by Crippen LogP contribution is 2.35. The molecule has 32 heavy (non-hydrogen) atoms. The molecule has 0 amide bonds. The van der Waals surface area contributed by atoms with Crippen molar-refractivity contribution in [2.45, 2.75) is 38.9 Å². The molecule has 0 aromatic heterocycles. The Morgan fingerprint density at radius 3 is 2.12 bits per heavy atom. The van der Waals surface area contributed by atoms with Crippen LogP contribution in [0.1, 0.15) is 42.1 Å². The van der Waals surface area contributed by atoms with Crippen LogP contribution in [0.3, 0.4) is 0 Å². The van der Waals surface area contributed by atoms with Crippen molar-refractivity contribution >= 4 is 5.69 Å². The van der Waals surface area contributed by atoms with Crippen molar-refractivity contribution in [2.75, 3.05) is 31.5 Å². The largest absolute Gasteiger partial charge is 0.385 e. The summed E-state index contributed by atoms with van der Waals surface area (Å²) in [7, 11) is 0. The summed E-state index contributed by atoms with van der Waals surface area (Å²) in [5, 5.41) is 3.58. The molecule has 0 spiro atoms. The van der Waals surface area contributed by atoms with E-state index in [4.69, 9.17) is 0 Å². The first-order chi connectivity index (χ1) is 15.7. The van der Waals surface area contributed by atoms with Gasteiger partial charge in [0.25, 0.3) is 0 Å². The molecular formula is C29H35N3. The number of hydrogen-bond acceptors (Lipinski definition) is 3. The van der Waals surface area contributed by atoms with Crippen LogP contribution in [-0.4, -0.2) is 42.0 Å². The second-order valence-corrected chi connectivity index (χ2v) is 9.81.